The standard InChI is InChI=1S/C16H23NO3/c1-16(2,3)20-11-10-17-9-5-7-12-13(15(18)19)6-4-8-14(12)17/h4,6,8H,5,7,9-11H2,1-3H3,(H,18,19). The molecule has 0 bridgehead atoms. The lowest BCUT2D eigenvalue weighted by Crippen LogP contribution is -2.35. The molecule has 20 heavy (non-hydrogen) atoms. The Bertz CT molecular complexity index is 491. The van der Waals surface area contributed by atoms with Gasteiger partial charge in [-0.1, -0.05) is 6.07 Å². The van der Waals surface area contributed by atoms with E-state index in [9.17, 15) is 9.90 Å². The quantitative estimate of drug-likeness (QED) is 0.919. The molecule has 0 amide bonds. The average molecular weight is 277 g/mol. The molecule has 0 saturated carbocycles. The van der Waals surface area contributed by atoms with E-state index in [1.165, 1.54) is 0 Å². The number of aromatic carboxylic acids is 1. The third-order valence-corrected chi connectivity index (χ3v) is 3.47. The Kier molecular flexibility index (Phi) is 4.33. The third-order valence-electron chi connectivity index (χ3n) is 3.47. The minimum absolute atomic E-state index is 0.137. The first-order chi connectivity index (χ1) is 9.38. The summed E-state index contributed by atoms with van der Waals surface area (Å²) in [5, 5.41) is 9.27. The second kappa shape index (κ2) is 5.83. The number of carboxylic acid groups (broad SMARTS) is 1. The molecule has 1 aliphatic heterocycles. The third kappa shape index (κ3) is 3.51. The Morgan fingerprint density at radius 1 is 1.40 bits per heavy atom. The monoisotopic (exact) mass is 277 g/mol. The molecule has 0 aromatic heterocycles. The Balaban J connectivity index is 2.12. The van der Waals surface area contributed by atoms with Gasteiger partial charge in [-0.05, 0) is 51.3 Å². The van der Waals surface area contributed by atoms with Gasteiger partial charge in [-0.25, -0.2) is 4.79 Å². The molecule has 0 spiro atoms. The molecule has 1 aliphatic rings. The Morgan fingerprint density at radius 3 is 2.80 bits per heavy atom. The number of fused-ring (bicyclic) bond motifs is 1. The summed E-state index contributed by atoms with van der Waals surface area (Å²) in [7, 11) is 0. The van der Waals surface area contributed by atoms with E-state index in [2.05, 4.69) is 4.90 Å². The van der Waals surface area contributed by atoms with Crippen molar-refractivity contribution >= 4 is 11.7 Å². The molecule has 1 aromatic rings. The minimum atomic E-state index is -0.838. The molecule has 0 radical (unpaired) electrons. The van der Waals surface area contributed by atoms with Crippen LogP contribution in [-0.2, 0) is 11.2 Å². The van der Waals surface area contributed by atoms with Crippen LogP contribution in [-0.4, -0.2) is 36.4 Å². The van der Waals surface area contributed by atoms with E-state index in [4.69, 9.17) is 4.74 Å². The van der Waals surface area contributed by atoms with E-state index < -0.39 is 5.97 Å². The number of hydrogen-bond donors (Lipinski definition) is 1. The van der Waals surface area contributed by atoms with Crippen LogP contribution in [0.25, 0.3) is 0 Å². The number of carbonyl (C=O) groups is 1. The van der Waals surface area contributed by atoms with Crippen LogP contribution in [0.2, 0.25) is 0 Å². The van der Waals surface area contributed by atoms with Crippen molar-refractivity contribution in [1.82, 2.24) is 0 Å². The number of benzene rings is 1. The van der Waals surface area contributed by atoms with Crippen LogP contribution in [0.15, 0.2) is 18.2 Å². The van der Waals surface area contributed by atoms with E-state index in [-0.39, 0.29) is 5.60 Å². The van der Waals surface area contributed by atoms with Gasteiger partial charge in [0.15, 0.2) is 0 Å². The van der Waals surface area contributed by atoms with Crippen molar-refractivity contribution in [2.24, 2.45) is 0 Å². The van der Waals surface area contributed by atoms with Crippen LogP contribution in [0.3, 0.4) is 0 Å². The van der Waals surface area contributed by atoms with Crippen molar-refractivity contribution in [2.45, 2.75) is 39.2 Å². The van der Waals surface area contributed by atoms with Gasteiger partial charge in [0.05, 0.1) is 17.8 Å². The predicted octanol–water partition coefficient (Wildman–Crippen LogP) is 2.95. The van der Waals surface area contributed by atoms with Gasteiger partial charge >= 0.3 is 5.97 Å². The normalized spacial score (nSPS) is 15.1. The van der Waals surface area contributed by atoms with Crippen molar-refractivity contribution in [3.63, 3.8) is 0 Å². The lowest BCUT2D eigenvalue weighted by Gasteiger charge is -2.33. The van der Waals surface area contributed by atoms with E-state index in [0.29, 0.717) is 12.2 Å². The smallest absolute Gasteiger partial charge is 0.336 e. The fraction of sp³-hybridized carbons (Fsp3) is 0.562. The fourth-order valence-corrected chi connectivity index (χ4v) is 2.60. The predicted molar refractivity (Wildman–Crippen MR) is 79.6 cm³/mol. The summed E-state index contributed by atoms with van der Waals surface area (Å²) in [4.78, 5) is 13.5. The molecule has 1 N–H and O–H groups in total. The zero-order valence-corrected chi connectivity index (χ0v) is 12.5. The summed E-state index contributed by atoms with van der Waals surface area (Å²) in [6, 6.07) is 5.53. The lowest BCUT2D eigenvalue weighted by molar-refractivity contribution is 0.00128. The Labute approximate surface area is 120 Å². The summed E-state index contributed by atoms with van der Waals surface area (Å²) < 4.78 is 5.77. The van der Waals surface area contributed by atoms with Crippen LogP contribution >= 0.6 is 0 Å². The largest absolute Gasteiger partial charge is 0.478 e. The maximum absolute atomic E-state index is 11.3. The number of rotatable bonds is 4. The summed E-state index contributed by atoms with van der Waals surface area (Å²) in [5.74, 6) is -0.838. The molecule has 4 heteroatoms. The maximum Gasteiger partial charge on any atom is 0.336 e. The summed E-state index contributed by atoms with van der Waals surface area (Å²) >= 11 is 0. The first-order valence-electron chi connectivity index (χ1n) is 7.12. The molecule has 4 nitrogen and oxygen atoms in total. The fourth-order valence-electron chi connectivity index (χ4n) is 2.60. The van der Waals surface area contributed by atoms with Gasteiger partial charge in [0.2, 0.25) is 0 Å². The highest BCUT2D eigenvalue weighted by Gasteiger charge is 2.22. The van der Waals surface area contributed by atoms with Gasteiger partial charge in [-0.2, -0.15) is 0 Å². The molecular weight excluding hydrogens is 254 g/mol. The zero-order valence-electron chi connectivity index (χ0n) is 12.5. The molecule has 1 heterocycles. The Morgan fingerprint density at radius 2 is 2.15 bits per heavy atom. The molecule has 0 saturated heterocycles. The molecule has 2 rings (SSSR count). The highest BCUT2D eigenvalue weighted by Crippen LogP contribution is 2.29. The van der Waals surface area contributed by atoms with Gasteiger partial charge in [-0.15, -0.1) is 0 Å². The SMILES string of the molecule is CC(C)(C)OCCN1CCCc2c(C(=O)O)cccc21. The van der Waals surface area contributed by atoms with Crippen molar-refractivity contribution in [1.29, 1.82) is 0 Å². The minimum Gasteiger partial charge on any atom is -0.478 e. The molecule has 0 aliphatic carbocycles. The average Bonchev–Trinajstić information content (AvgIpc) is 2.36. The topological polar surface area (TPSA) is 49.8 Å². The van der Waals surface area contributed by atoms with Crippen LogP contribution in [0.1, 0.15) is 43.1 Å². The first kappa shape index (κ1) is 14.9. The number of hydrogen-bond acceptors (Lipinski definition) is 3. The molecule has 110 valence electrons. The van der Waals surface area contributed by atoms with E-state index in [1.54, 1.807) is 6.07 Å². The lowest BCUT2D eigenvalue weighted by atomic mass is 9.96. The van der Waals surface area contributed by atoms with Gasteiger partial charge < -0.3 is 14.7 Å². The molecule has 1 aromatic carbocycles. The Hall–Kier alpha value is -1.55. The second-order valence-corrected chi connectivity index (χ2v) is 6.16. The van der Waals surface area contributed by atoms with Crippen molar-refractivity contribution in [2.75, 3.05) is 24.6 Å². The van der Waals surface area contributed by atoms with Gasteiger partial charge in [0.1, 0.15) is 0 Å². The second-order valence-electron chi connectivity index (χ2n) is 6.16. The molecule has 0 fully saturated rings. The highest BCUT2D eigenvalue weighted by atomic mass is 16.5. The van der Waals surface area contributed by atoms with Crippen LogP contribution in [0.5, 0.6) is 0 Å². The van der Waals surface area contributed by atoms with Gasteiger partial charge in [-0.3, -0.25) is 0 Å². The molecule has 0 unspecified atom stereocenters. The van der Waals surface area contributed by atoms with Crippen molar-refractivity contribution < 1.29 is 14.6 Å². The first-order valence-corrected chi connectivity index (χ1v) is 7.12. The van der Waals surface area contributed by atoms with Gasteiger partial charge in [0.25, 0.3) is 0 Å². The number of nitrogens with zero attached hydrogens (tertiary/aromatic N) is 1. The number of ether oxygens (including phenoxy) is 1. The van der Waals surface area contributed by atoms with E-state index >= 15 is 0 Å². The van der Waals surface area contributed by atoms with E-state index in [1.807, 2.05) is 32.9 Å². The summed E-state index contributed by atoms with van der Waals surface area (Å²) in [6.45, 7) is 8.54. The van der Waals surface area contributed by atoms with E-state index in [0.717, 1.165) is 37.2 Å². The molecule has 0 atom stereocenters. The van der Waals surface area contributed by atoms with Crippen molar-refractivity contribution in [3.05, 3.63) is 29.3 Å². The van der Waals surface area contributed by atoms with Crippen molar-refractivity contribution in [3.8, 4) is 0 Å². The number of anilines is 1. The highest BCUT2D eigenvalue weighted by molar-refractivity contribution is 5.91. The molecular formula is C16H23NO3. The van der Waals surface area contributed by atoms with Crippen LogP contribution in [0, 0.1) is 0 Å². The van der Waals surface area contributed by atoms with Crippen LogP contribution in [0.4, 0.5) is 5.69 Å². The van der Waals surface area contributed by atoms with Gasteiger partial charge in [0, 0.05) is 18.8 Å². The summed E-state index contributed by atoms with van der Waals surface area (Å²) in [6.07, 6.45) is 1.83. The zero-order chi connectivity index (χ0) is 14.8. The maximum atomic E-state index is 11.3. The van der Waals surface area contributed by atoms with Crippen LogP contribution < -0.4 is 4.90 Å². The number of carboxylic acids is 1. The summed E-state index contributed by atoms with van der Waals surface area (Å²) in [5.41, 5.74) is 2.31.